The zero-order valence-corrected chi connectivity index (χ0v) is 14.2. The molecule has 5 nitrogen and oxygen atoms in total. The molecule has 1 N–H and O–H groups in total. The van der Waals surface area contributed by atoms with E-state index in [9.17, 15) is 0 Å². The maximum Gasteiger partial charge on any atom is 0.138 e. The molecule has 124 valence electrons. The molecule has 1 atom stereocenters. The minimum Gasteiger partial charge on any atom is -0.361 e. The molecule has 4 rings (SSSR count). The molecular weight excluding hydrogens is 288 g/mol. The molecular formula is C18H26N4O. The molecule has 2 aromatic heterocycles. The number of aryl methyl sites for hydroxylation is 4. The van der Waals surface area contributed by atoms with Crippen LogP contribution >= 0.6 is 0 Å². The number of imidazole rings is 1. The van der Waals surface area contributed by atoms with Crippen molar-refractivity contribution in [2.45, 2.75) is 71.4 Å². The molecule has 1 aliphatic carbocycles. The largest absolute Gasteiger partial charge is 0.361 e. The van der Waals surface area contributed by atoms with Gasteiger partial charge in [0, 0.05) is 17.8 Å². The first-order valence-electron chi connectivity index (χ1n) is 9.02. The van der Waals surface area contributed by atoms with Crippen LogP contribution in [0.2, 0.25) is 0 Å². The number of hydrogen-bond acceptors (Lipinski definition) is 4. The summed E-state index contributed by atoms with van der Waals surface area (Å²) in [5, 5.41) is 4.20. The van der Waals surface area contributed by atoms with Crippen molar-refractivity contribution in [3.63, 3.8) is 0 Å². The topological polar surface area (TPSA) is 58.0 Å². The Labute approximate surface area is 137 Å². The second-order valence-corrected chi connectivity index (χ2v) is 6.90. The van der Waals surface area contributed by atoms with Crippen LogP contribution in [0.3, 0.4) is 0 Å². The van der Waals surface area contributed by atoms with Gasteiger partial charge in [-0.1, -0.05) is 12.1 Å². The van der Waals surface area contributed by atoms with E-state index in [2.05, 4.69) is 22.0 Å². The van der Waals surface area contributed by atoms with Gasteiger partial charge in [0.05, 0.1) is 17.4 Å². The Kier molecular flexibility index (Phi) is 3.97. The smallest absolute Gasteiger partial charge is 0.138 e. The molecule has 3 heterocycles. The Hall–Kier alpha value is -1.62. The summed E-state index contributed by atoms with van der Waals surface area (Å²) in [5.74, 6) is 2.15. The van der Waals surface area contributed by atoms with Gasteiger partial charge in [0.25, 0.3) is 0 Å². The summed E-state index contributed by atoms with van der Waals surface area (Å²) in [7, 11) is 0. The lowest BCUT2D eigenvalue weighted by Gasteiger charge is -2.22. The third-order valence-corrected chi connectivity index (χ3v) is 5.41. The van der Waals surface area contributed by atoms with Crippen molar-refractivity contribution in [1.29, 1.82) is 0 Å². The maximum absolute atomic E-state index is 5.40. The van der Waals surface area contributed by atoms with Crippen molar-refractivity contribution in [1.82, 2.24) is 20.0 Å². The van der Waals surface area contributed by atoms with Gasteiger partial charge in [0.2, 0.25) is 0 Å². The highest BCUT2D eigenvalue weighted by Gasteiger charge is 2.31. The van der Waals surface area contributed by atoms with Crippen molar-refractivity contribution < 1.29 is 4.52 Å². The number of nitrogens with one attached hydrogen (secondary N) is 1. The number of H-pyrrole nitrogens is 1. The van der Waals surface area contributed by atoms with Crippen molar-refractivity contribution in [3.8, 4) is 0 Å². The lowest BCUT2D eigenvalue weighted by Crippen LogP contribution is -2.24. The summed E-state index contributed by atoms with van der Waals surface area (Å²) < 4.78 is 5.40. The summed E-state index contributed by atoms with van der Waals surface area (Å²) >= 11 is 0. The van der Waals surface area contributed by atoms with E-state index in [0.29, 0.717) is 6.04 Å². The monoisotopic (exact) mass is 314 g/mol. The van der Waals surface area contributed by atoms with Gasteiger partial charge in [0.1, 0.15) is 11.6 Å². The van der Waals surface area contributed by atoms with Gasteiger partial charge in [-0.05, 0) is 58.4 Å². The van der Waals surface area contributed by atoms with Crippen LogP contribution in [0.25, 0.3) is 0 Å². The highest BCUT2D eigenvalue weighted by atomic mass is 16.5. The van der Waals surface area contributed by atoms with Gasteiger partial charge in [-0.2, -0.15) is 0 Å². The predicted molar refractivity (Wildman–Crippen MR) is 88.2 cm³/mol. The van der Waals surface area contributed by atoms with E-state index in [-0.39, 0.29) is 0 Å². The number of hydrogen-bond donors (Lipinski definition) is 1. The normalized spacial score (nSPS) is 21.7. The van der Waals surface area contributed by atoms with Crippen LogP contribution in [-0.2, 0) is 25.8 Å². The Morgan fingerprint density at radius 1 is 1.26 bits per heavy atom. The first kappa shape index (κ1) is 14.9. The first-order valence-corrected chi connectivity index (χ1v) is 9.02. The van der Waals surface area contributed by atoms with Gasteiger partial charge in [-0.25, -0.2) is 4.98 Å². The van der Waals surface area contributed by atoms with Gasteiger partial charge in [-0.15, -0.1) is 0 Å². The minimum atomic E-state index is 0.416. The molecule has 0 aromatic carbocycles. The van der Waals surface area contributed by atoms with Crippen molar-refractivity contribution in [3.05, 3.63) is 34.2 Å². The molecule has 1 aliphatic heterocycles. The van der Waals surface area contributed by atoms with Crippen LogP contribution in [0.5, 0.6) is 0 Å². The summed E-state index contributed by atoms with van der Waals surface area (Å²) in [6, 6.07) is 0.416. The Morgan fingerprint density at radius 3 is 2.96 bits per heavy atom. The lowest BCUT2D eigenvalue weighted by atomic mass is 10.0. The standard InChI is InChI=1S/C18H26N4O/c1-3-14-13(12(2)23-21-14)11-22-10-6-9-17(22)18-19-15-7-4-5-8-16(15)20-18/h17H,3-11H2,1-2H3,(H,19,20)/t17-/m0/s1. The Bertz CT molecular complexity index is 664. The second-order valence-electron chi connectivity index (χ2n) is 6.90. The highest BCUT2D eigenvalue weighted by molar-refractivity contribution is 5.23. The fourth-order valence-corrected chi connectivity index (χ4v) is 4.08. The van der Waals surface area contributed by atoms with Gasteiger partial charge in [0.15, 0.2) is 0 Å². The maximum atomic E-state index is 5.40. The fourth-order valence-electron chi connectivity index (χ4n) is 4.08. The van der Waals surface area contributed by atoms with Gasteiger partial charge < -0.3 is 9.51 Å². The molecule has 0 spiro atoms. The van der Waals surface area contributed by atoms with E-state index in [1.165, 1.54) is 54.9 Å². The van der Waals surface area contributed by atoms with Crippen LogP contribution in [0.4, 0.5) is 0 Å². The van der Waals surface area contributed by atoms with E-state index < -0.39 is 0 Å². The van der Waals surface area contributed by atoms with Crippen LogP contribution < -0.4 is 0 Å². The molecule has 2 aromatic rings. The van der Waals surface area contributed by atoms with Crippen molar-refractivity contribution >= 4 is 0 Å². The second kappa shape index (κ2) is 6.11. The number of likely N-dealkylation sites (tertiary alicyclic amines) is 1. The minimum absolute atomic E-state index is 0.416. The van der Waals surface area contributed by atoms with Crippen molar-refractivity contribution in [2.75, 3.05) is 6.54 Å². The van der Waals surface area contributed by atoms with E-state index >= 15 is 0 Å². The molecule has 0 bridgehead atoms. The first-order chi connectivity index (χ1) is 11.3. The fraction of sp³-hybridized carbons (Fsp3) is 0.667. The Morgan fingerprint density at radius 2 is 2.13 bits per heavy atom. The molecule has 2 aliphatic rings. The molecule has 0 radical (unpaired) electrons. The van der Waals surface area contributed by atoms with Crippen molar-refractivity contribution in [2.24, 2.45) is 0 Å². The Balaban J connectivity index is 1.57. The zero-order valence-electron chi connectivity index (χ0n) is 14.2. The molecule has 0 unspecified atom stereocenters. The molecule has 0 saturated carbocycles. The number of nitrogens with zero attached hydrogens (tertiary/aromatic N) is 3. The lowest BCUT2D eigenvalue weighted by molar-refractivity contribution is 0.238. The quantitative estimate of drug-likeness (QED) is 0.938. The summed E-state index contributed by atoms with van der Waals surface area (Å²) in [6.45, 7) is 6.22. The molecule has 1 saturated heterocycles. The molecule has 1 fully saturated rings. The summed E-state index contributed by atoms with van der Waals surface area (Å²) in [5.41, 5.74) is 5.07. The highest BCUT2D eigenvalue weighted by Crippen LogP contribution is 2.34. The third kappa shape index (κ3) is 2.71. The number of fused-ring (bicyclic) bond motifs is 1. The van der Waals surface area contributed by atoms with E-state index in [1.54, 1.807) is 0 Å². The number of aromatic nitrogens is 3. The average Bonchev–Trinajstić information content (AvgIpc) is 3.26. The van der Waals surface area contributed by atoms with Gasteiger partial charge >= 0.3 is 0 Å². The molecule has 23 heavy (non-hydrogen) atoms. The van der Waals surface area contributed by atoms with Crippen LogP contribution in [0.15, 0.2) is 4.52 Å². The molecule has 5 heteroatoms. The van der Waals surface area contributed by atoms with Crippen LogP contribution in [0.1, 0.15) is 72.9 Å². The number of rotatable bonds is 4. The van der Waals surface area contributed by atoms with Gasteiger partial charge in [-0.3, -0.25) is 4.90 Å². The SMILES string of the molecule is CCc1noc(C)c1CN1CCC[C@H]1c1nc2c([nH]1)CCCC2. The van der Waals surface area contributed by atoms with E-state index in [0.717, 1.165) is 37.4 Å². The summed E-state index contributed by atoms with van der Waals surface area (Å²) in [4.78, 5) is 11.1. The number of aromatic amines is 1. The predicted octanol–water partition coefficient (Wildman–Crippen LogP) is 3.48. The van der Waals surface area contributed by atoms with Crippen LogP contribution in [-0.4, -0.2) is 26.6 Å². The summed E-state index contributed by atoms with van der Waals surface area (Å²) in [6.07, 6.45) is 8.25. The molecule has 0 amide bonds. The average molecular weight is 314 g/mol. The van der Waals surface area contributed by atoms with E-state index in [4.69, 9.17) is 9.51 Å². The zero-order chi connectivity index (χ0) is 15.8. The van der Waals surface area contributed by atoms with Crippen LogP contribution in [0, 0.1) is 6.92 Å². The van der Waals surface area contributed by atoms with E-state index in [1.807, 2.05) is 6.92 Å². The third-order valence-electron chi connectivity index (χ3n) is 5.41.